The molecular weight excluding hydrogens is 302 g/mol. The van der Waals surface area contributed by atoms with Crippen molar-refractivity contribution in [2.24, 2.45) is 0 Å². The van der Waals surface area contributed by atoms with E-state index < -0.39 is 10.0 Å². The minimum Gasteiger partial charge on any atom is -0.324 e. The summed E-state index contributed by atoms with van der Waals surface area (Å²) in [6, 6.07) is 5.89. The van der Waals surface area contributed by atoms with Crippen molar-refractivity contribution in [1.29, 1.82) is 0 Å². The molecule has 1 N–H and O–H groups in total. The highest BCUT2D eigenvalue weighted by Crippen LogP contribution is 2.19. The van der Waals surface area contributed by atoms with Gasteiger partial charge in [-0.2, -0.15) is 4.31 Å². The van der Waals surface area contributed by atoms with Crippen LogP contribution in [0.3, 0.4) is 0 Å². The number of carbonyl (C=O) groups is 1. The topological polar surface area (TPSA) is 69.7 Å². The lowest BCUT2D eigenvalue weighted by molar-refractivity contribution is -0.117. The number of benzene rings is 1. The smallest absolute Gasteiger partial charge is 0.238 e. The molecule has 1 fully saturated rings. The van der Waals surface area contributed by atoms with Gasteiger partial charge in [0.15, 0.2) is 0 Å². The van der Waals surface area contributed by atoms with E-state index in [2.05, 4.69) is 5.32 Å². The summed E-state index contributed by atoms with van der Waals surface area (Å²) in [5, 5.41) is 2.95. The average molecular weight is 325 g/mol. The first kappa shape index (κ1) is 16.9. The Bertz CT molecular complexity index is 630. The number of hydrogen-bond acceptors (Lipinski definition) is 4. The van der Waals surface area contributed by atoms with Crippen LogP contribution in [0.15, 0.2) is 18.2 Å². The van der Waals surface area contributed by atoms with Crippen LogP contribution in [-0.4, -0.2) is 62.5 Å². The van der Waals surface area contributed by atoms with Crippen LogP contribution in [0.4, 0.5) is 5.69 Å². The second-order valence-electron chi connectivity index (χ2n) is 5.75. The highest BCUT2D eigenvalue weighted by molar-refractivity contribution is 7.88. The van der Waals surface area contributed by atoms with Crippen LogP contribution >= 0.6 is 0 Å². The Kier molecular flexibility index (Phi) is 5.20. The summed E-state index contributed by atoms with van der Waals surface area (Å²) < 4.78 is 24.4. The molecule has 1 aliphatic rings. The molecule has 0 bridgehead atoms. The van der Waals surface area contributed by atoms with Gasteiger partial charge >= 0.3 is 0 Å². The molecule has 0 atom stereocenters. The van der Waals surface area contributed by atoms with Crippen LogP contribution in [0.2, 0.25) is 0 Å². The van der Waals surface area contributed by atoms with Gasteiger partial charge in [-0.1, -0.05) is 18.2 Å². The van der Waals surface area contributed by atoms with Gasteiger partial charge < -0.3 is 5.32 Å². The van der Waals surface area contributed by atoms with Crippen LogP contribution in [-0.2, 0) is 14.8 Å². The molecule has 1 heterocycles. The zero-order chi connectivity index (χ0) is 16.3. The van der Waals surface area contributed by atoms with Crippen molar-refractivity contribution >= 4 is 21.6 Å². The molecule has 6 nitrogen and oxygen atoms in total. The number of aryl methyl sites for hydroxylation is 2. The lowest BCUT2D eigenvalue weighted by Crippen LogP contribution is -2.50. The molecule has 22 heavy (non-hydrogen) atoms. The molecule has 122 valence electrons. The third-order valence-corrected chi connectivity index (χ3v) is 5.22. The van der Waals surface area contributed by atoms with Gasteiger partial charge in [-0.15, -0.1) is 0 Å². The Labute approximate surface area is 132 Å². The minimum absolute atomic E-state index is 0.0646. The first-order valence-corrected chi connectivity index (χ1v) is 9.16. The molecule has 0 saturated carbocycles. The van der Waals surface area contributed by atoms with Crippen LogP contribution in [0.25, 0.3) is 0 Å². The lowest BCUT2D eigenvalue weighted by Gasteiger charge is -2.32. The van der Waals surface area contributed by atoms with Gasteiger partial charge in [0.05, 0.1) is 12.8 Å². The average Bonchev–Trinajstić information content (AvgIpc) is 2.43. The summed E-state index contributed by atoms with van der Waals surface area (Å²) in [5.74, 6) is -0.0646. The molecule has 2 rings (SSSR count). The first-order valence-electron chi connectivity index (χ1n) is 7.31. The largest absolute Gasteiger partial charge is 0.324 e. The first-order chi connectivity index (χ1) is 10.3. The Balaban J connectivity index is 1.89. The Hall–Kier alpha value is -1.44. The second kappa shape index (κ2) is 6.76. The van der Waals surface area contributed by atoms with E-state index in [1.165, 1.54) is 10.6 Å². The van der Waals surface area contributed by atoms with Gasteiger partial charge in [0, 0.05) is 31.9 Å². The molecular formula is C15H23N3O3S. The van der Waals surface area contributed by atoms with Crippen molar-refractivity contribution in [1.82, 2.24) is 9.21 Å². The number of nitrogens with one attached hydrogen (secondary N) is 1. The van der Waals surface area contributed by atoms with Crippen molar-refractivity contribution in [2.75, 3.05) is 44.3 Å². The normalized spacial score (nSPS) is 17.4. The zero-order valence-corrected chi connectivity index (χ0v) is 14.1. The van der Waals surface area contributed by atoms with E-state index in [-0.39, 0.29) is 12.5 Å². The van der Waals surface area contributed by atoms with Gasteiger partial charge in [0.1, 0.15) is 0 Å². The van der Waals surface area contributed by atoms with Gasteiger partial charge in [-0.05, 0) is 25.0 Å². The van der Waals surface area contributed by atoms with Crippen molar-refractivity contribution < 1.29 is 13.2 Å². The number of nitrogens with zero attached hydrogens (tertiary/aromatic N) is 2. The number of anilines is 1. The van der Waals surface area contributed by atoms with Crippen molar-refractivity contribution in [3.05, 3.63) is 29.3 Å². The number of rotatable bonds is 4. The number of hydrogen-bond donors (Lipinski definition) is 1. The van der Waals surface area contributed by atoms with Crippen LogP contribution < -0.4 is 5.32 Å². The van der Waals surface area contributed by atoms with E-state index in [0.29, 0.717) is 26.2 Å². The molecule has 0 unspecified atom stereocenters. The van der Waals surface area contributed by atoms with Crippen molar-refractivity contribution in [2.45, 2.75) is 13.8 Å². The molecule has 7 heteroatoms. The SMILES string of the molecule is Cc1cccc(C)c1NC(=O)CN1CCN(S(C)(=O)=O)CC1. The molecule has 1 saturated heterocycles. The van der Waals surface area contributed by atoms with E-state index in [1.54, 1.807) is 0 Å². The summed E-state index contributed by atoms with van der Waals surface area (Å²) in [6.07, 6.45) is 1.22. The highest BCUT2D eigenvalue weighted by atomic mass is 32.2. The number of carbonyl (C=O) groups excluding carboxylic acids is 1. The Morgan fingerprint density at radius 3 is 2.18 bits per heavy atom. The van der Waals surface area contributed by atoms with Crippen molar-refractivity contribution in [3.8, 4) is 0 Å². The molecule has 0 spiro atoms. The van der Waals surface area contributed by atoms with E-state index >= 15 is 0 Å². The third-order valence-electron chi connectivity index (χ3n) is 3.91. The maximum absolute atomic E-state index is 12.2. The summed E-state index contributed by atoms with van der Waals surface area (Å²) >= 11 is 0. The zero-order valence-electron chi connectivity index (χ0n) is 13.3. The minimum atomic E-state index is -3.13. The van der Waals surface area contributed by atoms with E-state index in [9.17, 15) is 13.2 Å². The van der Waals surface area contributed by atoms with E-state index in [0.717, 1.165) is 16.8 Å². The van der Waals surface area contributed by atoms with E-state index in [1.807, 2.05) is 36.9 Å². The molecule has 1 aliphatic heterocycles. The molecule has 1 aromatic rings. The quantitative estimate of drug-likeness (QED) is 0.890. The predicted molar refractivity (Wildman–Crippen MR) is 87.4 cm³/mol. The van der Waals surface area contributed by atoms with Crippen LogP contribution in [0.1, 0.15) is 11.1 Å². The fourth-order valence-corrected chi connectivity index (χ4v) is 3.44. The van der Waals surface area contributed by atoms with Gasteiger partial charge in [-0.25, -0.2) is 8.42 Å². The molecule has 0 aliphatic carbocycles. The number of para-hydroxylation sites is 1. The number of amides is 1. The van der Waals surface area contributed by atoms with Gasteiger partial charge in [-0.3, -0.25) is 9.69 Å². The number of sulfonamides is 1. The standard InChI is InChI=1S/C15H23N3O3S/c1-12-5-4-6-13(2)15(12)16-14(19)11-17-7-9-18(10-8-17)22(3,20)21/h4-6H,7-11H2,1-3H3,(H,16,19). The summed E-state index contributed by atoms with van der Waals surface area (Å²) in [5.41, 5.74) is 2.94. The highest BCUT2D eigenvalue weighted by Gasteiger charge is 2.24. The monoisotopic (exact) mass is 325 g/mol. The molecule has 1 aromatic carbocycles. The van der Waals surface area contributed by atoms with Gasteiger partial charge in [0.2, 0.25) is 15.9 Å². The van der Waals surface area contributed by atoms with E-state index in [4.69, 9.17) is 0 Å². The molecule has 0 radical (unpaired) electrons. The lowest BCUT2D eigenvalue weighted by atomic mass is 10.1. The van der Waals surface area contributed by atoms with Crippen molar-refractivity contribution in [3.63, 3.8) is 0 Å². The van der Waals surface area contributed by atoms with Crippen LogP contribution in [0, 0.1) is 13.8 Å². The summed E-state index contributed by atoms with van der Waals surface area (Å²) in [7, 11) is -3.13. The van der Waals surface area contributed by atoms with Gasteiger partial charge in [0.25, 0.3) is 0 Å². The molecule has 0 aromatic heterocycles. The maximum Gasteiger partial charge on any atom is 0.238 e. The summed E-state index contributed by atoms with van der Waals surface area (Å²) in [6.45, 7) is 6.25. The Morgan fingerprint density at radius 1 is 1.14 bits per heavy atom. The third kappa shape index (κ3) is 4.28. The fourth-order valence-electron chi connectivity index (χ4n) is 2.61. The summed E-state index contributed by atoms with van der Waals surface area (Å²) in [4.78, 5) is 14.2. The van der Waals surface area contributed by atoms with Crippen LogP contribution in [0.5, 0.6) is 0 Å². The fraction of sp³-hybridized carbons (Fsp3) is 0.533. The maximum atomic E-state index is 12.2. The Morgan fingerprint density at radius 2 is 1.68 bits per heavy atom. The second-order valence-corrected chi connectivity index (χ2v) is 7.74. The predicted octanol–water partition coefficient (Wildman–Crippen LogP) is 0.819. The number of piperazine rings is 1. The molecule has 1 amide bonds.